The van der Waals surface area contributed by atoms with Gasteiger partial charge in [-0.2, -0.15) is 0 Å². The highest BCUT2D eigenvalue weighted by Gasteiger charge is 2.33. The molecule has 0 radical (unpaired) electrons. The van der Waals surface area contributed by atoms with Crippen LogP contribution in [0.1, 0.15) is 53.4 Å². The second-order valence-corrected chi connectivity index (χ2v) is 5.57. The molecule has 13 heavy (non-hydrogen) atoms. The minimum absolute atomic E-state index is 0.539. The van der Waals surface area contributed by atoms with Crippen molar-refractivity contribution in [1.82, 2.24) is 5.32 Å². The summed E-state index contributed by atoms with van der Waals surface area (Å²) < 4.78 is 0. The molecule has 1 N–H and O–H groups in total. The summed E-state index contributed by atoms with van der Waals surface area (Å²) in [5.74, 6) is 0.831. The highest BCUT2D eigenvalue weighted by molar-refractivity contribution is 4.89. The maximum absolute atomic E-state index is 3.70. The van der Waals surface area contributed by atoms with E-state index in [9.17, 15) is 0 Å². The number of hydrogen-bond donors (Lipinski definition) is 1. The average Bonchev–Trinajstić information content (AvgIpc) is 2.30. The third-order valence-electron chi connectivity index (χ3n) is 3.37. The van der Waals surface area contributed by atoms with Gasteiger partial charge >= 0.3 is 0 Å². The Morgan fingerprint density at radius 2 is 2.08 bits per heavy atom. The van der Waals surface area contributed by atoms with E-state index in [0.717, 1.165) is 12.0 Å². The fourth-order valence-corrected chi connectivity index (χ4v) is 2.25. The van der Waals surface area contributed by atoms with Gasteiger partial charge < -0.3 is 5.32 Å². The first-order valence-corrected chi connectivity index (χ1v) is 5.76. The van der Waals surface area contributed by atoms with Crippen LogP contribution in [0.2, 0.25) is 0 Å². The summed E-state index contributed by atoms with van der Waals surface area (Å²) >= 11 is 0. The Kier molecular flexibility index (Phi) is 3.78. The molecule has 0 bridgehead atoms. The molecule has 1 nitrogen and oxygen atoms in total. The van der Waals surface area contributed by atoms with Crippen molar-refractivity contribution < 1.29 is 0 Å². The van der Waals surface area contributed by atoms with Crippen molar-refractivity contribution in [2.24, 2.45) is 11.3 Å². The first-order chi connectivity index (χ1) is 6.02. The van der Waals surface area contributed by atoms with Gasteiger partial charge in [0.1, 0.15) is 0 Å². The summed E-state index contributed by atoms with van der Waals surface area (Å²) in [6.45, 7) is 10.6. The second-order valence-electron chi connectivity index (χ2n) is 5.57. The molecule has 0 aliphatic heterocycles. The monoisotopic (exact) mass is 183 g/mol. The van der Waals surface area contributed by atoms with Crippen molar-refractivity contribution in [3.8, 4) is 0 Å². The third kappa shape index (κ3) is 3.30. The maximum atomic E-state index is 3.70. The van der Waals surface area contributed by atoms with Crippen molar-refractivity contribution in [1.29, 1.82) is 0 Å². The first-order valence-electron chi connectivity index (χ1n) is 5.76. The Bertz CT molecular complexity index is 149. The van der Waals surface area contributed by atoms with Crippen LogP contribution in [0.5, 0.6) is 0 Å². The standard InChI is InChI=1S/C12H25N/c1-10(2)7-9-13-11-6-5-8-12(11,3)4/h10-11,13H,5-9H2,1-4H3. The smallest absolute Gasteiger partial charge is 0.0118 e. The molecule has 0 spiro atoms. The third-order valence-corrected chi connectivity index (χ3v) is 3.37. The lowest BCUT2D eigenvalue weighted by atomic mass is 9.87. The van der Waals surface area contributed by atoms with E-state index in [4.69, 9.17) is 0 Å². The van der Waals surface area contributed by atoms with E-state index in [1.54, 1.807) is 0 Å². The molecule has 1 atom stereocenters. The van der Waals surface area contributed by atoms with E-state index < -0.39 is 0 Å². The minimum Gasteiger partial charge on any atom is -0.313 e. The predicted octanol–water partition coefficient (Wildman–Crippen LogP) is 3.20. The number of nitrogens with one attached hydrogen (secondary N) is 1. The SMILES string of the molecule is CC(C)CCNC1CCCC1(C)C. The Balaban J connectivity index is 2.21. The van der Waals surface area contributed by atoms with Gasteiger partial charge in [0.2, 0.25) is 0 Å². The molecule has 1 aliphatic carbocycles. The Morgan fingerprint density at radius 3 is 2.54 bits per heavy atom. The molecule has 0 aromatic heterocycles. The normalized spacial score (nSPS) is 27.0. The van der Waals surface area contributed by atoms with Crippen molar-refractivity contribution in [3.05, 3.63) is 0 Å². The van der Waals surface area contributed by atoms with Crippen LogP contribution in [-0.4, -0.2) is 12.6 Å². The van der Waals surface area contributed by atoms with Crippen molar-refractivity contribution in [2.45, 2.75) is 59.4 Å². The lowest BCUT2D eigenvalue weighted by molar-refractivity contribution is 0.280. The van der Waals surface area contributed by atoms with Crippen LogP contribution >= 0.6 is 0 Å². The largest absolute Gasteiger partial charge is 0.313 e. The second kappa shape index (κ2) is 4.45. The van der Waals surface area contributed by atoms with Crippen molar-refractivity contribution in [3.63, 3.8) is 0 Å². The fourth-order valence-electron chi connectivity index (χ4n) is 2.25. The molecule has 1 aliphatic rings. The van der Waals surface area contributed by atoms with Gasteiger partial charge in [0.25, 0.3) is 0 Å². The Labute approximate surface area is 83.3 Å². The topological polar surface area (TPSA) is 12.0 Å². The molecule has 78 valence electrons. The van der Waals surface area contributed by atoms with Crippen LogP contribution in [-0.2, 0) is 0 Å². The summed E-state index contributed by atoms with van der Waals surface area (Å²) in [7, 11) is 0. The molecular formula is C12H25N. The van der Waals surface area contributed by atoms with Crippen molar-refractivity contribution >= 4 is 0 Å². The molecule has 1 heteroatoms. The summed E-state index contributed by atoms with van der Waals surface area (Å²) in [5, 5.41) is 3.70. The Morgan fingerprint density at radius 1 is 1.38 bits per heavy atom. The van der Waals surface area contributed by atoms with Gasteiger partial charge in [-0.05, 0) is 37.1 Å². The van der Waals surface area contributed by atoms with Crippen LogP contribution in [0.15, 0.2) is 0 Å². The lowest BCUT2D eigenvalue weighted by Gasteiger charge is -2.28. The first kappa shape index (κ1) is 11.0. The molecule has 0 heterocycles. The van der Waals surface area contributed by atoms with E-state index in [0.29, 0.717) is 5.41 Å². The summed E-state index contributed by atoms with van der Waals surface area (Å²) in [6.07, 6.45) is 5.50. The highest BCUT2D eigenvalue weighted by atomic mass is 14.9. The van der Waals surface area contributed by atoms with Gasteiger partial charge in [0.15, 0.2) is 0 Å². The molecule has 0 amide bonds. The molecule has 1 rings (SSSR count). The summed E-state index contributed by atoms with van der Waals surface area (Å²) in [5.41, 5.74) is 0.539. The molecule has 0 aromatic rings. The van der Waals surface area contributed by atoms with E-state index in [1.807, 2.05) is 0 Å². The van der Waals surface area contributed by atoms with Gasteiger partial charge in [0, 0.05) is 6.04 Å². The van der Waals surface area contributed by atoms with Crippen LogP contribution in [0.4, 0.5) is 0 Å². The Hall–Kier alpha value is -0.0400. The van der Waals surface area contributed by atoms with Crippen LogP contribution in [0, 0.1) is 11.3 Å². The average molecular weight is 183 g/mol. The zero-order valence-electron chi connectivity index (χ0n) is 9.69. The lowest BCUT2D eigenvalue weighted by Crippen LogP contribution is -2.38. The van der Waals surface area contributed by atoms with E-state index >= 15 is 0 Å². The van der Waals surface area contributed by atoms with Gasteiger partial charge in [-0.15, -0.1) is 0 Å². The predicted molar refractivity (Wildman–Crippen MR) is 58.9 cm³/mol. The van der Waals surface area contributed by atoms with Gasteiger partial charge in [-0.3, -0.25) is 0 Å². The van der Waals surface area contributed by atoms with Gasteiger partial charge in [-0.25, -0.2) is 0 Å². The molecule has 1 saturated carbocycles. The number of rotatable bonds is 4. The molecular weight excluding hydrogens is 158 g/mol. The van der Waals surface area contributed by atoms with E-state index in [2.05, 4.69) is 33.0 Å². The molecule has 1 unspecified atom stereocenters. The zero-order chi connectivity index (χ0) is 9.90. The number of hydrogen-bond acceptors (Lipinski definition) is 1. The van der Waals surface area contributed by atoms with Crippen LogP contribution < -0.4 is 5.32 Å². The fraction of sp³-hybridized carbons (Fsp3) is 1.00. The van der Waals surface area contributed by atoms with Crippen LogP contribution in [0.25, 0.3) is 0 Å². The van der Waals surface area contributed by atoms with E-state index in [-0.39, 0.29) is 0 Å². The maximum Gasteiger partial charge on any atom is 0.0118 e. The molecule has 0 aromatic carbocycles. The zero-order valence-corrected chi connectivity index (χ0v) is 9.69. The minimum atomic E-state index is 0.539. The van der Waals surface area contributed by atoms with Gasteiger partial charge in [-0.1, -0.05) is 34.1 Å². The van der Waals surface area contributed by atoms with E-state index in [1.165, 1.54) is 32.2 Å². The van der Waals surface area contributed by atoms with Crippen LogP contribution in [0.3, 0.4) is 0 Å². The van der Waals surface area contributed by atoms with Gasteiger partial charge in [0.05, 0.1) is 0 Å². The molecule has 0 saturated heterocycles. The molecule has 1 fully saturated rings. The quantitative estimate of drug-likeness (QED) is 0.706. The summed E-state index contributed by atoms with van der Waals surface area (Å²) in [4.78, 5) is 0. The highest BCUT2D eigenvalue weighted by Crippen LogP contribution is 2.37. The summed E-state index contributed by atoms with van der Waals surface area (Å²) in [6, 6.07) is 0.770. The van der Waals surface area contributed by atoms with Crippen molar-refractivity contribution in [2.75, 3.05) is 6.54 Å².